The molecule has 0 unspecified atom stereocenters. The van der Waals surface area contributed by atoms with Gasteiger partial charge < -0.3 is 14.1 Å². The first-order chi connectivity index (χ1) is 10.4. The van der Waals surface area contributed by atoms with Crippen molar-refractivity contribution in [1.82, 2.24) is 9.97 Å². The minimum absolute atomic E-state index is 0.738. The lowest BCUT2D eigenvalue weighted by Gasteiger charge is -2.26. The van der Waals surface area contributed by atoms with Gasteiger partial charge in [0.05, 0.1) is 19.5 Å². The number of furan rings is 1. The third kappa shape index (κ3) is 2.36. The number of aromatic nitrogens is 2. The molecule has 3 aromatic rings. The summed E-state index contributed by atoms with van der Waals surface area (Å²) in [7, 11) is 0. The smallest absolute Gasteiger partial charge is 0.225 e. The SMILES string of the molecule is c1cc2cc(-c3cnc(N4CCOCC4)nc3)ccc2o1. The zero-order valence-corrected chi connectivity index (χ0v) is 11.5. The van der Waals surface area contributed by atoms with Crippen molar-refractivity contribution in [3.8, 4) is 11.1 Å². The Balaban J connectivity index is 1.62. The third-order valence-corrected chi connectivity index (χ3v) is 3.72. The average Bonchev–Trinajstić information content (AvgIpc) is 3.03. The van der Waals surface area contributed by atoms with Gasteiger partial charge in [-0.25, -0.2) is 9.97 Å². The van der Waals surface area contributed by atoms with Crippen LogP contribution < -0.4 is 4.90 Å². The van der Waals surface area contributed by atoms with Crippen molar-refractivity contribution in [3.63, 3.8) is 0 Å². The van der Waals surface area contributed by atoms with Gasteiger partial charge in [0.15, 0.2) is 0 Å². The van der Waals surface area contributed by atoms with E-state index in [2.05, 4.69) is 20.9 Å². The Hall–Kier alpha value is -2.40. The summed E-state index contributed by atoms with van der Waals surface area (Å²) in [5.74, 6) is 0.770. The number of rotatable bonds is 2. The highest BCUT2D eigenvalue weighted by molar-refractivity contribution is 5.83. The molecule has 2 aromatic heterocycles. The minimum Gasteiger partial charge on any atom is -0.464 e. The lowest BCUT2D eigenvalue weighted by atomic mass is 10.1. The molecule has 0 aliphatic carbocycles. The van der Waals surface area contributed by atoms with E-state index in [1.165, 1.54) is 0 Å². The normalized spacial score (nSPS) is 15.5. The molecule has 0 saturated carbocycles. The standard InChI is InChI=1S/C16H15N3O2/c1-2-15-13(3-6-21-15)9-12(1)14-10-17-16(18-11-14)19-4-7-20-8-5-19/h1-3,6,9-11H,4-5,7-8H2. The molecule has 1 aliphatic rings. The first-order valence-electron chi connectivity index (χ1n) is 7.02. The van der Waals surface area contributed by atoms with Crippen molar-refractivity contribution in [2.75, 3.05) is 31.2 Å². The largest absolute Gasteiger partial charge is 0.464 e. The van der Waals surface area contributed by atoms with E-state index in [0.717, 1.165) is 54.3 Å². The first kappa shape index (κ1) is 12.3. The van der Waals surface area contributed by atoms with Crippen LogP contribution in [0.3, 0.4) is 0 Å². The van der Waals surface area contributed by atoms with Crippen molar-refractivity contribution in [2.24, 2.45) is 0 Å². The molecule has 0 radical (unpaired) electrons. The van der Waals surface area contributed by atoms with Crippen LogP contribution in [0.4, 0.5) is 5.95 Å². The quantitative estimate of drug-likeness (QED) is 0.723. The first-order valence-corrected chi connectivity index (χ1v) is 7.02. The van der Waals surface area contributed by atoms with Crippen LogP contribution in [0.2, 0.25) is 0 Å². The van der Waals surface area contributed by atoms with Crippen LogP contribution >= 0.6 is 0 Å². The van der Waals surface area contributed by atoms with Crippen molar-refractivity contribution < 1.29 is 9.15 Å². The molecule has 4 rings (SSSR count). The molecule has 0 spiro atoms. The zero-order chi connectivity index (χ0) is 14.1. The van der Waals surface area contributed by atoms with E-state index < -0.39 is 0 Å². The number of benzene rings is 1. The minimum atomic E-state index is 0.738. The van der Waals surface area contributed by atoms with Gasteiger partial charge in [-0.2, -0.15) is 0 Å². The maximum absolute atomic E-state index is 5.36. The predicted molar refractivity (Wildman–Crippen MR) is 80.3 cm³/mol. The molecule has 1 aliphatic heterocycles. The molecular weight excluding hydrogens is 266 g/mol. The van der Waals surface area contributed by atoms with E-state index in [1.807, 2.05) is 30.6 Å². The Labute approximate surface area is 122 Å². The summed E-state index contributed by atoms with van der Waals surface area (Å²) in [6.07, 6.45) is 5.45. The lowest BCUT2D eigenvalue weighted by Crippen LogP contribution is -2.37. The summed E-state index contributed by atoms with van der Waals surface area (Å²) in [5, 5.41) is 1.09. The summed E-state index contributed by atoms with van der Waals surface area (Å²) in [5.41, 5.74) is 3.00. The fourth-order valence-corrected chi connectivity index (χ4v) is 2.54. The highest BCUT2D eigenvalue weighted by atomic mass is 16.5. The van der Waals surface area contributed by atoms with E-state index in [-0.39, 0.29) is 0 Å². The molecule has 3 heterocycles. The summed E-state index contributed by atoms with van der Waals surface area (Å²) in [4.78, 5) is 11.1. The predicted octanol–water partition coefficient (Wildman–Crippen LogP) is 2.73. The average molecular weight is 281 g/mol. The Morgan fingerprint density at radius 3 is 2.57 bits per heavy atom. The zero-order valence-electron chi connectivity index (χ0n) is 11.5. The molecule has 0 atom stereocenters. The summed E-state index contributed by atoms with van der Waals surface area (Å²) in [6.45, 7) is 3.17. The Morgan fingerprint density at radius 1 is 0.952 bits per heavy atom. The van der Waals surface area contributed by atoms with Gasteiger partial charge in [-0.05, 0) is 23.8 Å². The van der Waals surface area contributed by atoms with Gasteiger partial charge in [0.2, 0.25) is 5.95 Å². The van der Waals surface area contributed by atoms with Gasteiger partial charge in [0.25, 0.3) is 0 Å². The number of ether oxygens (including phenoxy) is 1. The third-order valence-electron chi connectivity index (χ3n) is 3.72. The molecule has 106 valence electrons. The van der Waals surface area contributed by atoms with Crippen molar-refractivity contribution in [1.29, 1.82) is 0 Å². The molecule has 21 heavy (non-hydrogen) atoms. The molecule has 0 N–H and O–H groups in total. The second-order valence-electron chi connectivity index (χ2n) is 5.04. The van der Waals surface area contributed by atoms with Gasteiger partial charge in [0.1, 0.15) is 5.58 Å². The van der Waals surface area contributed by atoms with E-state index in [0.29, 0.717) is 0 Å². The van der Waals surface area contributed by atoms with Crippen molar-refractivity contribution in [2.45, 2.75) is 0 Å². The number of hydrogen-bond donors (Lipinski definition) is 0. The number of nitrogens with zero attached hydrogens (tertiary/aromatic N) is 3. The molecule has 5 nitrogen and oxygen atoms in total. The maximum Gasteiger partial charge on any atom is 0.225 e. The highest BCUT2D eigenvalue weighted by Crippen LogP contribution is 2.24. The number of anilines is 1. The van der Waals surface area contributed by atoms with Crippen molar-refractivity contribution in [3.05, 3.63) is 42.9 Å². The van der Waals surface area contributed by atoms with Crippen molar-refractivity contribution >= 4 is 16.9 Å². The second kappa shape index (κ2) is 5.18. The highest BCUT2D eigenvalue weighted by Gasteiger charge is 2.13. The maximum atomic E-state index is 5.36. The van der Waals surface area contributed by atoms with E-state index in [9.17, 15) is 0 Å². The summed E-state index contributed by atoms with van der Waals surface area (Å²) >= 11 is 0. The molecule has 0 amide bonds. The van der Waals surface area contributed by atoms with Crippen LogP contribution in [0, 0.1) is 0 Å². The van der Waals surface area contributed by atoms with E-state index in [1.54, 1.807) is 6.26 Å². The van der Waals surface area contributed by atoms with Gasteiger partial charge in [0, 0.05) is 36.4 Å². The van der Waals surface area contributed by atoms with Crippen LogP contribution in [0.15, 0.2) is 47.3 Å². The summed E-state index contributed by atoms with van der Waals surface area (Å²) in [6, 6.07) is 8.05. The molecular formula is C16H15N3O2. The molecule has 1 fully saturated rings. The van der Waals surface area contributed by atoms with E-state index in [4.69, 9.17) is 9.15 Å². The van der Waals surface area contributed by atoms with Gasteiger partial charge >= 0.3 is 0 Å². The lowest BCUT2D eigenvalue weighted by molar-refractivity contribution is 0.122. The molecule has 5 heteroatoms. The van der Waals surface area contributed by atoms with Crippen LogP contribution in [0.25, 0.3) is 22.1 Å². The Morgan fingerprint density at radius 2 is 1.76 bits per heavy atom. The fourth-order valence-electron chi connectivity index (χ4n) is 2.54. The van der Waals surface area contributed by atoms with Crippen LogP contribution in [-0.2, 0) is 4.74 Å². The molecule has 1 saturated heterocycles. The monoisotopic (exact) mass is 281 g/mol. The van der Waals surface area contributed by atoms with Gasteiger partial charge in [-0.15, -0.1) is 0 Å². The Kier molecular flexibility index (Phi) is 3.05. The Bertz CT molecular complexity index is 746. The fraction of sp³-hybridized carbons (Fsp3) is 0.250. The van der Waals surface area contributed by atoms with Gasteiger partial charge in [-0.1, -0.05) is 6.07 Å². The number of fused-ring (bicyclic) bond motifs is 1. The number of morpholine rings is 1. The van der Waals surface area contributed by atoms with Crippen LogP contribution in [-0.4, -0.2) is 36.3 Å². The topological polar surface area (TPSA) is 51.4 Å². The molecule has 0 bridgehead atoms. The number of hydrogen-bond acceptors (Lipinski definition) is 5. The second-order valence-corrected chi connectivity index (χ2v) is 5.04. The summed E-state index contributed by atoms with van der Waals surface area (Å²) < 4.78 is 10.7. The van der Waals surface area contributed by atoms with Crippen LogP contribution in [0.5, 0.6) is 0 Å². The van der Waals surface area contributed by atoms with Gasteiger partial charge in [-0.3, -0.25) is 0 Å². The van der Waals surface area contributed by atoms with Crippen LogP contribution in [0.1, 0.15) is 0 Å². The van der Waals surface area contributed by atoms with E-state index >= 15 is 0 Å². The molecule has 1 aromatic carbocycles.